The van der Waals surface area contributed by atoms with Crippen molar-refractivity contribution in [3.8, 4) is 0 Å². The van der Waals surface area contributed by atoms with Gasteiger partial charge in [-0.3, -0.25) is 9.59 Å². The number of unbranched alkanes of at least 4 members (excludes halogenated alkanes) is 2. The molecule has 0 radical (unpaired) electrons. The summed E-state index contributed by atoms with van der Waals surface area (Å²) in [5.41, 5.74) is 0.860. The van der Waals surface area contributed by atoms with Crippen molar-refractivity contribution >= 4 is 11.8 Å². The molecule has 0 bridgehead atoms. The summed E-state index contributed by atoms with van der Waals surface area (Å²) < 4.78 is 4.64. The molecule has 1 aliphatic carbocycles. The lowest BCUT2D eigenvalue weighted by Crippen LogP contribution is -2.10. The average molecular weight is 224 g/mol. The van der Waals surface area contributed by atoms with Gasteiger partial charge in [0.15, 0.2) is 5.78 Å². The number of ketones is 1. The first-order valence-corrected chi connectivity index (χ1v) is 5.99. The Hall–Kier alpha value is -1.12. The van der Waals surface area contributed by atoms with Crippen molar-refractivity contribution in [3.05, 3.63) is 11.6 Å². The maximum atomic E-state index is 11.6. The molecule has 0 N–H and O–H groups in total. The number of esters is 1. The van der Waals surface area contributed by atoms with E-state index in [9.17, 15) is 9.59 Å². The van der Waals surface area contributed by atoms with Gasteiger partial charge in [-0.1, -0.05) is 25.8 Å². The monoisotopic (exact) mass is 224 g/mol. The lowest BCUT2D eigenvalue weighted by molar-refractivity contribution is -0.141. The number of rotatable bonds is 5. The highest BCUT2D eigenvalue weighted by Crippen LogP contribution is 2.31. The van der Waals surface area contributed by atoms with Crippen LogP contribution in [0.1, 0.15) is 45.4 Å². The van der Waals surface area contributed by atoms with Crippen molar-refractivity contribution in [2.75, 3.05) is 7.11 Å². The van der Waals surface area contributed by atoms with Gasteiger partial charge in [-0.15, -0.1) is 0 Å². The summed E-state index contributed by atoms with van der Waals surface area (Å²) >= 11 is 0. The number of carbonyl (C=O) groups is 2. The van der Waals surface area contributed by atoms with E-state index in [4.69, 9.17) is 0 Å². The maximum absolute atomic E-state index is 11.6. The average Bonchev–Trinajstić information content (AvgIpc) is 2.61. The summed E-state index contributed by atoms with van der Waals surface area (Å²) in [5, 5.41) is 0. The minimum absolute atomic E-state index is 0.0943. The van der Waals surface area contributed by atoms with Crippen LogP contribution in [0, 0.1) is 5.92 Å². The Morgan fingerprint density at radius 1 is 1.56 bits per heavy atom. The molecule has 0 aromatic heterocycles. The number of hydrogen-bond acceptors (Lipinski definition) is 3. The number of allylic oxidation sites excluding steroid dienone is 2. The largest absolute Gasteiger partial charge is 0.469 e. The molecule has 0 aromatic rings. The van der Waals surface area contributed by atoms with Crippen LogP contribution < -0.4 is 0 Å². The molecule has 0 saturated heterocycles. The molecule has 0 heterocycles. The van der Waals surface area contributed by atoms with E-state index in [0.717, 1.165) is 31.3 Å². The van der Waals surface area contributed by atoms with Gasteiger partial charge in [-0.05, 0) is 24.3 Å². The first-order chi connectivity index (χ1) is 7.69. The standard InChI is InChI=1S/C13H20O3/c1-3-4-5-6-11-10(7-8-12(11)14)9-13(15)16-2/h6,10H,3-5,7-9H2,1-2H3/b11-6-/t10-/m0/s1. The summed E-state index contributed by atoms with van der Waals surface area (Å²) in [7, 11) is 1.39. The van der Waals surface area contributed by atoms with E-state index < -0.39 is 0 Å². The zero-order valence-corrected chi connectivity index (χ0v) is 10.1. The first-order valence-electron chi connectivity index (χ1n) is 5.99. The van der Waals surface area contributed by atoms with E-state index in [-0.39, 0.29) is 17.7 Å². The van der Waals surface area contributed by atoms with Gasteiger partial charge in [0, 0.05) is 6.42 Å². The molecule has 16 heavy (non-hydrogen) atoms. The van der Waals surface area contributed by atoms with Crippen molar-refractivity contribution in [1.29, 1.82) is 0 Å². The number of ether oxygens (including phenoxy) is 1. The fraction of sp³-hybridized carbons (Fsp3) is 0.692. The van der Waals surface area contributed by atoms with Gasteiger partial charge in [0.05, 0.1) is 13.5 Å². The summed E-state index contributed by atoms with van der Waals surface area (Å²) in [4.78, 5) is 22.8. The number of Topliss-reactive ketones (excluding diaryl/α,β-unsaturated/α-hetero) is 1. The molecule has 90 valence electrons. The van der Waals surface area contributed by atoms with Crippen LogP contribution in [-0.4, -0.2) is 18.9 Å². The smallest absolute Gasteiger partial charge is 0.306 e. The van der Waals surface area contributed by atoms with Crippen LogP contribution >= 0.6 is 0 Å². The Balaban J connectivity index is 2.58. The van der Waals surface area contributed by atoms with Gasteiger partial charge in [0.1, 0.15) is 0 Å². The summed E-state index contributed by atoms with van der Waals surface area (Å²) in [6.07, 6.45) is 6.91. The van der Waals surface area contributed by atoms with Crippen molar-refractivity contribution in [2.24, 2.45) is 5.92 Å². The van der Waals surface area contributed by atoms with E-state index >= 15 is 0 Å². The third-order valence-electron chi connectivity index (χ3n) is 3.04. The van der Waals surface area contributed by atoms with E-state index in [0.29, 0.717) is 12.8 Å². The van der Waals surface area contributed by atoms with Gasteiger partial charge < -0.3 is 4.74 Å². The highest BCUT2D eigenvalue weighted by atomic mass is 16.5. The lowest BCUT2D eigenvalue weighted by atomic mass is 9.97. The summed E-state index contributed by atoms with van der Waals surface area (Å²) in [6.45, 7) is 2.13. The molecule has 0 aliphatic heterocycles. The fourth-order valence-corrected chi connectivity index (χ4v) is 2.07. The molecule has 0 spiro atoms. The van der Waals surface area contributed by atoms with E-state index in [1.807, 2.05) is 6.08 Å². The first kappa shape index (κ1) is 12.9. The predicted octanol–water partition coefficient (Wildman–Crippen LogP) is 2.65. The highest BCUT2D eigenvalue weighted by molar-refractivity contribution is 5.98. The molecule has 0 unspecified atom stereocenters. The Bertz CT molecular complexity index is 292. The summed E-state index contributed by atoms with van der Waals surface area (Å²) in [5.74, 6) is 0.0860. The molecule has 0 amide bonds. The second kappa shape index (κ2) is 6.46. The van der Waals surface area contributed by atoms with Gasteiger partial charge >= 0.3 is 5.97 Å². The maximum Gasteiger partial charge on any atom is 0.306 e. The second-order valence-electron chi connectivity index (χ2n) is 4.24. The van der Waals surface area contributed by atoms with Crippen LogP contribution in [0.2, 0.25) is 0 Å². The third kappa shape index (κ3) is 3.47. The van der Waals surface area contributed by atoms with Crippen molar-refractivity contribution < 1.29 is 14.3 Å². The van der Waals surface area contributed by atoms with Crippen molar-refractivity contribution in [2.45, 2.75) is 45.4 Å². The molecule has 1 atom stereocenters. The molecular formula is C13H20O3. The normalized spacial score (nSPS) is 22.8. The Morgan fingerprint density at radius 3 is 2.94 bits per heavy atom. The zero-order chi connectivity index (χ0) is 12.0. The topological polar surface area (TPSA) is 43.4 Å². The minimum Gasteiger partial charge on any atom is -0.469 e. The van der Waals surface area contributed by atoms with Crippen LogP contribution in [0.3, 0.4) is 0 Å². The van der Waals surface area contributed by atoms with Crippen LogP contribution in [-0.2, 0) is 14.3 Å². The molecule has 0 aromatic carbocycles. The molecular weight excluding hydrogens is 204 g/mol. The molecule has 1 rings (SSSR count). The van der Waals surface area contributed by atoms with Crippen LogP contribution in [0.4, 0.5) is 0 Å². The molecule has 1 saturated carbocycles. The van der Waals surface area contributed by atoms with Crippen molar-refractivity contribution in [3.63, 3.8) is 0 Å². The Morgan fingerprint density at radius 2 is 2.31 bits per heavy atom. The summed E-state index contributed by atoms with van der Waals surface area (Å²) in [6, 6.07) is 0. The molecule has 3 heteroatoms. The van der Waals surface area contributed by atoms with E-state index in [2.05, 4.69) is 11.7 Å². The fourth-order valence-electron chi connectivity index (χ4n) is 2.07. The van der Waals surface area contributed by atoms with Crippen molar-refractivity contribution in [1.82, 2.24) is 0 Å². The SMILES string of the molecule is CCCC/C=C1\C(=O)CC[C@H]1CC(=O)OC. The Labute approximate surface area is 96.9 Å². The third-order valence-corrected chi connectivity index (χ3v) is 3.04. The van der Waals surface area contributed by atoms with Gasteiger partial charge in [0.25, 0.3) is 0 Å². The lowest BCUT2D eigenvalue weighted by Gasteiger charge is -2.09. The van der Waals surface area contributed by atoms with Gasteiger partial charge in [0.2, 0.25) is 0 Å². The van der Waals surface area contributed by atoms with Crippen LogP contribution in [0.15, 0.2) is 11.6 Å². The number of carbonyl (C=O) groups excluding carboxylic acids is 2. The number of hydrogen-bond donors (Lipinski definition) is 0. The minimum atomic E-state index is -0.221. The van der Waals surface area contributed by atoms with Gasteiger partial charge in [-0.2, -0.15) is 0 Å². The van der Waals surface area contributed by atoms with Crippen LogP contribution in [0.5, 0.6) is 0 Å². The van der Waals surface area contributed by atoms with Crippen LogP contribution in [0.25, 0.3) is 0 Å². The molecule has 1 aliphatic rings. The zero-order valence-electron chi connectivity index (χ0n) is 10.1. The number of methoxy groups -OCH3 is 1. The predicted molar refractivity (Wildman–Crippen MR) is 62.0 cm³/mol. The quantitative estimate of drug-likeness (QED) is 0.409. The van der Waals surface area contributed by atoms with E-state index in [1.165, 1.54) is 7.11 Å². The second-order valence-corrected chi connectivity index (χ2v) is 4.24. The van der Waals surface area contributed by atoms with Gasteiger partial charge in [-0.25, -0.2) is 0 Å². The molecule has 1 fully saturated rings. The Kier molecular flexibility index (Phi) is 5.23. The van der Waals surface area contributed by atoms with E-state index in [1.54, 1.807) is 0 Å². The highest BCUT2D eigenvalue weighted by Gasteiger charge is 2.29. The molecule has 3 nitrogen and oxygen atoms in total.